The second-order valence-electron chi connectivity index (χ2n) is 4.41. The lowest BCUT2D eigenvalue weighted by Gasteiger charge is -2.17. The number of rotatable bonds is 5. The van der Waals surface area contributed by atoms with Gasteiger partial charge in [0.1, 0.15) is 5.82 Å². The van der Waals surface area contributed by atoms with Crippen molar-refractivity contribution in [3.8, 4) is 0 Å². The third kappa shape index (κ3) is 3.62. The first-order chi connectivity index (χ1) is 9.06. The summed E-state index contributed by atoms with van der Waals surface area (Å²) in [5.41, 5.74) is 1.81. The smallest absolute Gasteiger partial charge is 0.336 e. The van der Waals surface area contributed by atoms with Crippen LogP contribution in [0.1, 0.15) is 21.5 Å². The molecular formula is C14H14FNO2S. The summed E-state index contributed by atoms with van der Waals surface area (Å²) in [5, 5.41) is 13.1. The van der Waals surface area contributed by atoms with E-state index >= 15 is 0 Å². The molecule has 1 aromatic heterocycles. The molecule has 0 fully saturated rings. The number of carboxylic acid groups (broad SMARTS) is 1. The van der Waals surface area contributed by atoms with Crippen molar-refractivity contribution in [2.75, 3.05) is 7.05 Å². The first-order valence-electron chi connectivity index (χ1n) is 5.77. The number of nitrogens with zero attached hydrogens (tertiary/aromatic N) is 1. The van der Waals surface area contributed by atoms with E-state index in [9.17, 15) is 9.18 Å². The summed E-state index contributed by atoms with van der Waals surface area (Å²) < 4.78 is 13.2. The molecule has 0 atom stereocenters. The van der Waals surface area contributed by atoms with Crippen molar-refractivity contribution >= 4 is 17.3 Å². The van der Waals surface area contributed by atoms with Gasteiger partial charge >= 0.3 is 5.97 Å². The van der Waals surface area contributed by atoms with Crippen LogP contribution in [0.3, 0.4) is 0 Å². The summed E-state index contributed by atoms with van der Waals surface area (Å²) in [6, 6.07) is 5.79. The highest BCUT2D eigenvalue weighted by molar-refractivity contribution is 7.07. The van der Waals surface area contributed by atoms with E-state index in [1.54, 1.807) is 11.3 Å². The third-order valence-electron chi connectivity index (χ3n) is 2.77. The minimum Gasteiger partial charge on any atom is -0.478 e. The van der Waals surface area contributed by atoms with E-state index in [0.29, 0.717) is 18.7 Å². The van der Waals surface area contributed by atoms with E-state index < -0.39 is 11.8 Å². The van der Waals surface area contributed by atoms with Gasteiger partial charge in [-0.25, -0.2) is 9.18 Å². The van der Waals surface area contributed by atoms with E-state index in [0.717, 1.165) is 0 Å². The van der Waals surface area contributed by atoms with Crippen LogP contribution in [-0.4, -0.2) is 23.0 Å². The van der Waals surface area contributed by atoms with Crippen molar-refractivity contribution in [1.29, 1.82) is 0 Å². The van der Waals surface area contributed by atoms with Crippen molar-refractivity contribution in [2.24, 2.45) is 0 Å². The molecule has 1 N–H and O–H groups in total. The zero-order valence-corrected chi connectivity index (χ0v) is 11.3. The predicted octanol–water partition coefficient (Wildman–Crippen LogP) is 3.22. The Hall–Kier alpha value is -1.72. The fraction of sp³-hybridized carbons (Fsp3) is 0.214. The molecule has 0 spiro atoms. The Labute approximate surface area is 114 Å². The molecule has 5 heteroatoms. The first kappa shape index (κ1) is 13.7. The largest absolute Gasteiger partial charge is 0.478 e. The van der Waals surface area contributed by atoms with Crippen LogP contribution >= 0.6 is 11.3 Å². The van der Waals surface area contributed by atoms with Crippen LogP contribution in [0, 0.1) is 5.82 Å². The molecule has 0 aliphatic carbocycles. The fourth-order valence-electron chi connectivity index (χ4n) is 1.94. The Morgan fingerprint density at radius 2 is 2.16 bits per heavy atom. The van der Waals surface area contributed by atoms with Crippen LogP contribution in [0.4, 0.5) is 4.39 Å². The molecule has 0 bridgehead atoms. The van der Waals surface area contributed by atoms with Gasteiger partial charge in [0.15, 0.2) is 0 Å². The number of halogens is 1. The summed E-state index contributed by atoms with van der Waals surface area (Å²) >= 11 is 1.62. The monoisotopic (exact) mass is 279 g/mol. The highest BCUT2D eigenvalue weighted by atomic mass is 32.1. The van der Waals surface area contributed by atoms with Crippen molar-refractivity contribution in [2.45, 2.75) is 13.1 Å². The minimum absolute atomic E-state index is 0.151. The SMILES string of the molecule is CN(Cc1ccsc1)Cc1cc(F)ccc1C(=O)O. The van der Waals surface area contributed by atoms with E-state index in [-0.39, 0.29) is 5.56 Å². The molecule has 2 rings (SSSR count). The van der Waals surface area contributed by atoms with Gasteiger partial charge in [0.2, 0.25) is 0 Å². The molecule has 0 saturated carbocycles. The Kier molecular flexibility index (Phi) is 4.29. The first-order valence-corrected chi connectivity index (χ1v) is 6.72. The molecular weight excluding hydrogens is 265 g/mol. The van der Waals surface area contributed by atoms with Crippen LogP contribution in [0.15, 0.2) is 35.0 Å². The van der Waals surface area contributed by atoms with Crippen LogP contribution in [-0.2, 0) is 13.1 Å². The van der Waals surface area contributed by atoms with Gasteiger partial charge in [-0.15, -0.1) is 0 Å². The van der Waals surface area contributed by atoms with Gasteiger partial charge in [0, 0.05) is 13.1 Å². The Morgan fingerprint density at radius 1 is 1.37 bits per heavy atom. The lowest BCUT2D eigenvalue weighted by atomic mass is 10.1. The van der Waals surface area contributed by atoms with Crippen molar-refractivity contribution in [1.82, 2.24) is 4.90 Å². The number of hydrogen-bond donors (Lipinski definition) is 1. The average molecular weight is 279 g/mol. The van der Waals surface area contributed by atoms with Gasteiger partial charge in [-0.1, -0.05) is 0 Å². The lowest BCUT2D eigenvalue weighted by molar-refractivity contribution is 0.0694. The number of thiophene rings is 1. The van der Waals surface area contributed by atoms with Gasteiger partial charge < -0.3 is 5.11 Å². The molecule has 1 heterocycles. The van der Waals surface area contributed by atoms with Crippen LogP contribution in [0.25, 0.3) is 0 Å². The minimum atomic E-state index is -1.03. The number of hydrogen-bond acceptors (Lipinski definition) is 3. The average Bonchev–Trinajstić information content (AvgIpc) is 2.81. The summed E-state index contributed by atoms with van der Waals surface area (Å²) in [4.78, 5) is 13.1. The molecule has 19 heavy (non-hydrogen) atoms. The Morgan fingerprint density at radius 3 is 2.79 bits per heavy atom. The van der Waals surface area contributed by atoms with Gasteiger partial charge in [0.25, 0.3) is 0 Å². The second kappa shape index (κ2) is 5.95. The van der Waals surface area contributed by atoms with Crippen LogP contribution < -0.4 is 0 Å². The molecule has 0 saturated heterocycles. The molecule has 0 aliphatic heterocycles. The van der Waals surface area contributed by atoms with Crippen LogP contribution in [0.2, 0.25) is 0 Å². The summed E-state index contributed by atoms with van der Waals surface area (Å²) in [5.74, 6) is -1.44. The van der Waals surface area contributed by atoms with Crippen LogP contribution in [0.5, 0.6) is 0 Å². The van der Waals surface area contributed by atoms with Gasteiger partial charge in [-0.05, 0) is 53.2 Å². The van der Waals surface area contributed by atoms with Gasteiger partial charge in [0.05, 0.1) is 5.56 Å². The summed E-state index contributed by atoms with van der Waals surface area (Å²) in [6.45, 7) is 1.11. The zero-order valence-electron chi connectivity index (χ0n) is 10.5. The predicted molar refractivity (Wildman–Crippen MR) is 72.8 cm³/mol. The Balaban J connectivity index is 2.13. The second-order valence-corrected chi connectivity index (χ2v) is 5.19. The van der Waals surface area contributed by atoms with Crippen molar-refractivity contribution in [3.63, 3.8) is 0 Å². The molecule has 0 amide bonds. The molecule has 0 radical (unpaired) electrons. The topological polar surface area (TPSA) is 40.5 Å². The van der Waals surface area contributed by atoms with E-state index in [1.165, 1.54) is 23.8 Å². The molecule has 3 nitrogen and oxygen atoms in total. The lowest BCUT2D eigenvalue weighted by Crippen LogP contribution is -2.19. The summed E-state index contributed by atoms with van der Waals surface area (Å²) in [6.07, 6.45) is 0. The molecule has 0 unspecified atom stereocenters. The fourth-order valence-corrected chi connectivity index (χ4v) is 2.60. The van der Waals surface area contributed by atoms with E-state index in [2.05, 4.69) is 0 Å². The number of aromatic carboxylic acids is 1. The van der Waals surface area contributed by atoms with E-state index in [1.807, 2.05) is 28.8 Å². The quantitative estimate of drug-likeness (QED) is 0.913. The third-order valence-corrected chi connectivity index (χ3v) is 3.50. The molecule has 2 aromatic rings. The Bertz CT molecular complexity index is 569. The van der Waals surface area contributed by atoms with Gasteiger partial charge in [-0.2, -0.15) is 11.3 Å². The highest BCUT2D eigenvalue weighted by Gasteiger charge is 2.13. The normalized spacial score (nSPS) is 10.9. The number of carbonyl (C=O) groups is 1. The molecule has 100 valence electrons. The number of carboxylic acids is 1. The van der Waals surface area contributed by atoms with Crippen molar-refractivity contribution < 1.29 is 14.3 Å². The highest BCUT2D eigenvalue weighted by Crippen LogP contribution is 2.16. The molecule has 0 aliphatic rings. The maximum atomic E-state index is 13.2. The maximum absolute atomic E-state index is 13.2. The van der Waals surface area contributed by atoms with Crippen molar-refractivity contribution in [3.05, 3.63) is 57.5 Å². The summed E-state index contributed by atoms with van der Waals surface area (Å²) in [7, 11) is 1.88. The van der Waals surface area contributed by atoms with E-state index in [4.69, 9.17) is 5.11 Å². The number of benzene rings is 1. The standard InChI is InChI=1S/C14H14FNO2S/c1-16(7-10-4-5-19-9-10)8-11-6-12(15)2-3-13(11)14(17)18/h2-6,9H,7-8H2,1H3,(H,17,18). The maximum Gasteiger partial charge on any atom is 0.336 e. The zero-order chi connectivity index (χ0) is 13.8. The molecule has 1 aromatic carbocycles. The van der Waals surface area contributed by atoms with Gasteiger partial charge in [-0.3, -0.25) is 4.90 Å².